The Kier molecular flexibility index (Phi) is 3.19. The van der Waals surface area contributed by atoms with Gasteiger partial charge in [0.25, 0.3) is 0 Å². The van der Waals surface area contributed by atoms with Crippen LogP contribution in [-0.4, -0.2) is 30.1 Å². The molecular formula is C7H10N4O3. The number of amides is 1. The van der Waals surface area contributed by atoms with Gasteiger partial charge in [-0.05, 0) is 0 Å². The average molecular weight is 198 g/mol. The predicted octanol–water partition coefficient (Wildman–Crippen LogP) is -0.903. The highest BCUT2D eigenvalue weighted by Gasteiger charge is 2.11. The second-order valence-corrected chi connectivity index (χ2v) is 2.25. The first-order chi connectivity index (χ1) is 6.71. The van der Waals surface area contributed by atoms with E-state index in [0.717, 1.165) is 0 Å². The smallest absolute Gasteiger partial charge is 0.303 e. The van der Waals surface area contributed by atoms with E-state index in [-0.39, 0.29) is 17.6 Å². The molecule has 0 spiro atoms. The lowest BCUT2D eigenvalue weighted by Gasteiger charge is -2.04. The Bertz CT molecular complexity index is 319. The Balaban J connectivity index is 3.10. The van der Waals surface area contributed by atoms with Gasteiger partial charge in [0.1, 0.15) is 0 Å². The van der Waals surface area contributed by atoms with Crippen molar-refractivity contribution in [2.24, 2.45) is 5.84 Å². The number of aromatic nitrogens is 2. The number of methoxy groups -OCH3 is 2. The van der Waals surface area contributed by atoms with Crippen molar-refractivity contribution in [1.29, 1.82) is 0 Å². The van der Waals surface area contributed by atoms with Crippen LogP contribution in [0.3, 0.4) is 0 Å². The van der Waals surface area contributed by atoms with Crippen molar-refractivity contribution >= 4 is 5.91 Å². The molecule has 1 amide bonds. The number of hydrazine groups is 1. The number of nitrogen functional groups attached to an aromatic ring is 1. The summed E-state index contributed by atoms with van der Waals surface area (Å²) >= 11 is 0. The second-order valence-electron chi connectivity index (χ2n) is 2.25. The van der Waals surface area contributed by atoms with E-state index in [1.54, 1.807) is 0 Å². The zero-order chi connectivity index (χ0) is 10.6. The van der Waals surface area contributed by atoms with E-state index in [0.29, 0.717) is 0 Å². The lowest BCUT2D eigenvalue weighted by atomic mass is 10.5. The number of nitrogens with two attached hydrogens (primary N) is 1. The molecule has 0 fully saturated rings. The minimum atomic E-state index is -0.609. The highest BCUT2D eigenvalue weighted by atomic mass is 16.5. The van der Waals surface area contributed by atoms with Crippen LogP contribution in [0.15, 0.2) is 6.07 Å². The quantitative estimate of drug-likeness (QED) is 0.371. The Labute approximate surface area is 80.2 Å². The summed E-state index contributed by atoms with van der Waals surface area (Å²) in [6.45, 7) is 0. The molecule has 0 aliphatic heterocycles. The molecule has 7 nitrogen and oxygen atoms in total. The number of carbonyl (C=O) groups excluding carboxylic acids is 1. The normalized spacial score (nSPS) is 9.36. The van der Waals surface area contributed by atoms with Crippen molar-refractivity contribution in [3.8, 4) is 11.8 Å². The van der Waals surface area contributed by atoms with E-state index in [2.05, 4.69) is 9.97 Å². The summed E-state index contributed by atoms with van der Waals surface area (Å²) in [7, 11) is 2.85. The molecule has 0 unspecified atom stereocenters. The van der Waals surface area contributed by atoms with Crippen LogP contribution in [0.2, 0.25) is 0 Å². The maximum atomic E-state index is 11.1. The van der Waals surface area contributed by atoms with Gasteiger partial charge in [0.15, 0.2) is 0 Å². The number of nitrogens with zero attached hydrogens (tertiary/aromatic N) is 2. The molecule has 1 aromatic heterocycles. The summed E-state index contributed by atoms with van der Waals surface area (Å²) in [5.74, 6) is 4.67. The van der Waals surface area contributed by atoms with Crippen molar-refractivity contribution in [3.63, 3.8) is 0 Å². The zero-order valence-electron chi connectivity index (χ0n) is 7.77. The maximum absolute atomic E-state index is 11.1. The molecule has 14 heavy (non-hydrogen) atoms. The molecule has 1 aromatic rings. The summed E-state index contributed by atoms with van der Waals surface area (Å²) in [6, 6.07) is 1.45. The topological polar surface area (TPSA) is 99.4 Å². The van der Waals surface area contributed by atoms with Gasteiger partial charge in [-0.25, -0.2) is 5.84 Å². The summed E-state index contributed by atoms with van der Waals surface area (Å²) in [6.07, 6.45) is 0. The number of hydrogen-bond donors (Lipinski definition) is 2. The summed E-state index contributed by atoms with van der Waals surface area (Å²) in [5, 5.41) is 0. The van der Waals surface area contributed by atoms with E-state index < -0.39 is 5.91 Å². The summed E-state index contributed by atoms with van der Waals surface area (Å²) < 4.78 is 9.68. The third kappa shape index (κ3) is 2.07. The van der Waals surface area contributed by atoms with E-state index in [4.69, 9.17) is 15.3 Å². The molecule has 0 aliphatic carbocycles. The van der Waals surface area contributed by atoms with Gasteiger partial charge in [0.2, 0.25) is 17.6 Å². The van der Waals surface area contributed by atoms with Crippen LogP contribution in [0, 0.1) is 0 Å². The number of rotatable bonds is 3. The van der Waals surface area contributed by atoms with Gasteiger partial charge in [-0.3, -0.25) is 10.2 Å². The first-order valence-corrected chi connectivity index (χ1v) is 3.69. The van der Waals surface area contributed by atoms with Gasteiger partial charge >= 0.3 is 5.91 Å². The minimum absolute atomic E-state index is 0.108. The van der Waals surface area contributed by atoms with Gasteiger partial charge in [-0.1, -0.05) is 0 Å². The lowest BCUT2D eigenvalue weighted by molar-refractivity contribution is 0.0941. The van der Waals surface area contributed by atoms with Gasteiger partial charge in [0, 0.05) is 0 Å². The van der Waals surface area contributed by atoms with Crippen LogP contribution in [0.25, 0.3) is 0 Å². The fourth-order valence-corrected chi connectivity index (χ4v) is 0.779. The molecule has 0 radical (unpaired) electrons. The van der Waals surface area contributed by atoms with Crippen LogP contribution in [0.4, 0.5) is 0 Å². The van der Waals surface area contributed by atoms with Crippen molar-refractivity contribution in [2.75, 3.05) is 14.2 Å². The fourth-order valence-electron chi connectivity index (χ4n) is 0.779. The minimum Gasteiger partial charge on any atom is -0.481 e. The lowest BCUT2D eigenvalue weighted by Crippen LogP contribution is -2.31. The van der Waals surface area contributed by atoms with Gasteiger partial charge in [-0.15, -0.1) is 0 Å². The monoisotopic (exact) mass is 198 g/mol. The Morgan fingerprint density at radius 2 is 1.86 bits per heavy atom. The molecule has 1 heterocycles. The third-order valence-corrected chi connectivity index (χ3v) is 1.43. The van der Waals surface area contributed by atoms with Crippen molar-refractivity contribution in [2.45, 2.75) is 0 Å². The molecule has 3 N–H and O–H groups in total. The Hall–Kier alpha value is -1.89. The number of hydrogen-bond acceptors (Lipinski definition) is 6. The number of nitrogens with one attached hydrogen (secondary N) is 1. The SMILES string of the molecule is COc1cc(OC)nc(C(=O)NN)n1. The molecule has 1 rings (SSSR count). The van der Waals surface area contributed by atoms with E-state index in [1.807, 2.05) is 5.43 Å². The standard InChI is InChI=1S/C7H10N4O3/c1-13-4-3-5(14-2)10-6(9-4)7(12)11-8/h3H,8H2,1-2H3,(H,11,12). The van der Waals surface area contributed by atoms with E-state index >= 15 is 0 Å². The maximum Gasteiger partial charge on any atom is 0.303 e. The highest BCUT2D eigenvalue weighted by molar-refractivity contribution is 5.90. The molecular weight excluding hydrogens is 188 g/mol. The number of ether oxygens (including phenoxy) is 2. The summed E-state index contributed by atoms with van der Waals surface area (Å²) in [5.41, 5.74) is 1.91. The van der Waals surface area contributed by atoms with Crippen LogP contribution >= 0.6 is 0 Å². The van der Waals surface area contributed by atoms with Gasteiger partial charge in [0.05, 0.1) is 20.3 Å². The first-order valence-electron chi connectivity index (χ1n) is 3.69. The van der Waals surface area contributed by atoms with Crippen molar-refractivity contribution in [3.05, 3.63) is 11.9 Å². The van der Waals surface area contributed by atoms with E-state index in [9.17, 15) is 4.79 Å². The Morgan fingerprint density at radius 3 is 2.21 bits per heavy atom. The Morgan fingerprint density at radius 1 is 1.36 bits per heavy atom. The molecule has 7 heteroatoms. The summed E-state index contributed by atoms with van der Waals surface area (Å²) in [4.78, 5) is 18.6. The second kappa shape index (κ2) is 4.38. The van der Waals surface area contributed by atoms with Crippen molar-refractivity contribution < 1.29 is 14.3 Å². The van der Waals surface area contributed by atoms with Crippen molar-refractivity contribution in [1.82, 2.24) is 15.4 Å². The van der Waals surface area contributed by atoms with Crippen LogP contribution in [-0.2, 0) is 0 Å². The fraction of sp³-hybridized carbons (Fsp3) is 0.286. The predicted molar refractivity (Wildman–Crippen MR) is 46.8 cm³/mol. The van der Waals surface area contributed by atoms with Crippen LogP contribution in [0.5, 0.6) is 11.8 Å². The molecule has 0 atom stereocenters. The largest absolute Gasteiger partial charge is 0.481 e. The first kappa shape index (κ1) is 10.2. The molecule has 76 valence electrons. The highest BCUT2D eigenvalue weighted by Crippen LogP contribution is 2.14. The average Bonchev–Trinajstić information content (AvgIpc) is 2.27. The molecule has 0 bridgehead atoms. The number of carbonyl (C=O) groups is 1. The van der Waals surface area contributed by atoms with Crippen LogP contribution in [0.1, 0.15) is 10.6 Å². The zero-order valence-corrected chi connectivity index (χ0v) is 7.77. The van der Waals surface area contributed by atoms with Crippen LogP contribution < -0.4 is 20.7 Å². The molecule has 0 aromatic carbocycles. The molecule has 0 aliphatic rings. The van der Waals surface area contributed by atoms with Gasteiger partial charge in [-0.2, -0.15) is 9.97 Å². The van der Waals surface area contributed by atoms with E-state index in [1.165, 1.54) is 20.3 Å². The molecule has 0 saturated carbocycles. The third-order valence-electron chi connectivity index (χ3n) is 1.43. The molecule has 0 saturated heterocycles. The van der Waals surface area contributed by atoms with Gasteiger partial charge < -0.3 is 9.47 Å².